The molecule has 1 atom stereocenters. The Balaban J connectivity index is 1.91. The van der Waals surface area contributed by atoms with E-state index in [0.717, 1.165) is 23.9 Å². The first-order chi connectivity index (χ1) is 15.3. The first kappa shape index (κ1) is 24.6. The standard InChI is InChI=1S/C22H21F6N3O2/c23-21(24,25)20(33,22(26,27)28)17-5-1-13(2-6-17)12-31-18-7-3-14(16(10-29)11-30)9-15(18)4-8-19(31)32/h1-3,5-7,9-11,19,29,32-33H,4,8,12,30H2/b16-11+,29-10?. The van der Waals surface area contributed by atoms with Crippen LogP contribution in [-0.4, -0.2) is 35.0 Å². The van der Waals surface area contributed by atoms with Crippen LogP contribution in [0.3, 0.4) is 0 Å². The van der Waals surface area contributed by atoms with Gasteiger partial charge in [-0.05, 0) is 41.7 Å². The van der Waals surface area contributed by atoms with Crippen LogP contribution in [0, 0.1) is 5.41 Å². The number of allylic oxidation sites excluding steroid dienone is 1. The van der Waals surface area contributed by atoms with Gasteiger partial charge in [-0.2, -0.15) is 26.3 Å². The Morgan fingerprint density at radius 3 is 2.18 bits per heavy atom. The summed E-state index contributed by atoms with van der Waals surface area (Å²) in [7, 11) is 0. The maximum absolute atomic E-state index is 13.1. The average Bonchev–Trinajstić information content (AvgIpc) is 2.75. The first-order valence-electron chi connectivity index (χ1n) is 9.79. The number of fused-ring (bicyclic) bond motifs is 1. The SMILES string of the molecule is N=C/C(=C\N)c1ccc2c(c1)CCC(O)N2Cc1ccc(C(O)(C(F)(F)F)C(F)(F)F)cc1. The van der Waals surface area contributed by atoms with Crippen LogP contribution in [0.15, 0.2) is 48.7 Å². The van der Waals surface area contributed by atoms with E-state index in [2.05, 4.69) is 0 Å². The predicted molar refractivity (Wildman–Crippen MR) is 110 cm³/mol. The first-order valence-corrected chi connectivity index (χ1v) is 9.79. The topological polar surface area (TPSA) is 93.6 Å². The van der Waals surface area contributed by atoms with Gasteiger partial charge < -0.3 is 26.3 Å². The minimum Gasteiger partial charge on any atom is -0.404 e. The lowest BCUT2D eigenvalue weighted by molar-refractivity contribution is -0.376. The monoisotopic (exact) mass is 473 g/mol. The normalized spacial score (nSPS) is 17.6. The Labute approximate surface area is 185 Å². The molecular weight excluding hydrogens is 452 g/mol. The van der Waals surface area contributed by atoms with Gasteiger partial charge in [-0.3, -0.25) is 0 Å². The number of anilines is 1. The van der Waals surface area contributed by atoms with Gasteiger partial charge in [0, 0.05) is 35.8 Å². The molecule has 0 saturated carbocycles. The third kappa shape index (κ3) is 4.42. The number of aryl methyl sites for hydroxylation is 1. The number of hydrogen-bond donors (Lipinski definition) is 4. The summed E-state index contributed by atoms with van der Waals surface area (Å²) >= 11 is 0. The Morgan fingerprint density at radius 2 is 1.67 bits per heavy atom. The third-order valence-corrected chi connectivity index (χ3v) is 5.63. The molecule has 0 aliphatic carbocycles. The fourth-order valence-corrected chi connectivity index (χ4v) is 3.80. The van der Waals surface area contributed by atoms with Gasteiger partial charge in [0.1, 0.15) is 6.23 Å². The maximum Gasteiger partial charge on any atom is 0.430 e. The maximum atomic E-state index is 13.1. The number of alkyl halides is 6. The Morgan fingerprint density at radius 1 is 1.06 bits per heavy atom. The third-order valence-electron chi connectivity index (χ3n) is 5.63. The molecule has 5 nitrogen and oxygen atoms in total. The van der Waals surface area contributed by atoms with E-state index in [1.807, 2.05) is 6.07 Å². The molecule has 1 heterocycles. The van der Waals surface area contributed by atoms with E-state index in [1.54, 1.807) is 17.0 Å². The number of benzene rings is 2. The number of halogens is 6. The zero-order valence-corrected chi connectivity index (χ0v) is 17.1. The number of hydrogen-bond acceptors (Lipinski definition) is 5. The molecule has 0 amide bonds. The van der Waals surface area contributed by atoms with Crippen molar-refractivity contribution >= 4 is 17.5 Å². The summed E-state index contributed by atoms with van der Waals surface area (Å²) in [6.07, 6.45) is -9.57. The second-order valence-corrected chi connectivity index (χ2v) is 7.66. The highest BCUT2D eigenvalue weighted by atomic mass is 19.4. The Bertz CT molecular complexity index is 1030. The highest BCUT2D eigenvalue weighted by Crippen LogP contribution is 2.50. The molecule has 0 saturated heterocycles. The molecule has 1 aliphatic rings. The van der Waals surface area contributed by atoms with Crippen molar-refractivity contribution in [1.82, 2.24) is 0 Å². The van der Waals surface area contributed by atoms with E-state index >= 15 is 0 Å². The van der Waals surface area contributed by atoms with Crippen LogP contribution in [0.2, 0.25) is 0 Å². The predicted octanol–water partition coefficient (Wildman–Crippen LogP) is 4.22. The zero-order valence-electron chi connectivity index (χ0n) is 17.1. The van der Waals surface area contributed by atoms with Gasteiger partial charge in [-0.1, -0.05) is 30.3 Å². The van der Waals surface area contributed by atoms with Crippen molar-refractivity contribution < 1.29 is 36.6 Å². The number of nitrogens with one attached hydrogen (secondary N) is 1. The molecule has 0 radical (unpaired) electrons. The summed E-state index contributed by atoms with van der Waals surface area (Å²) < 4.78 is 78.5. The Kier molecular flexibility index (Phi) is 6.49. The molecule has 2 aromatic carbocycles. The summed E-state index contributed by atoms with van der Waals surface area (Å²) in [6, 6.07) is 8.49. The second-order valence-electron chi connectivity index (χ2n) is 7.66. The molecule has 178 valence electrons. The van der Waals surface area contributed by atoms with Crippen molar-refractivity contribution in [2.24, 2.45) is 5.73 Å². The fraction of sp³-hybridized carbons (Fsp3) is 0.318. The van der Waals surface area contributed by atoms with Crippen molar-refractivity contribution in [3.05, 3.63) is 70.9 Å². The average molecular weight is 473 g/mol. The van der Waals surface area contributed by atoms with Gasteiger partial charge in [0.25, 0.3) is 5.60 Å². The molecule has 5 N–H and O–H groups in total. The van der Waals surface area contributed by atoms with Crippen molar-refractivity contribution in [1.29, 1.82) is 5.41 Å². The van der Waals surface area contributed by atoms with Gasteiger partial charge in [-0.25, -0.2) is 0 Å². The van der Waals surface area contributed by atoms with Crippen molar-refractivity contribution in [3.8, 4) is 0 Å². The van der Waals surface area contributed by atoms with E-state index in [1.165, 1.54) is 6.20 Å². The number of nitrogens with zero attached hydrogens (tertiary/aromatic N) is 1. The van der Waals surface area contributed by atoms with Crippen LogP contribution < -0.4 is 10.6 Å². The number of nitrogens with two attached hydrogens (primary N) is 1. The van der Waals surface area contributed by atoms with E-state index in [-0.39, 0.29) is 6.54 Å². The largest absolute Gasteiger partial charge is 0.430 e. The number of rotatable bonds is 5. The van der Waals surface area contributed by atoms with Gasteiger partial charge in [0.2, 0.25) is 0 Å². The van der Waals surface area contributed by atoms with Crippen molar-refractivity contribution in [3.63, 3.8) is 0 Å². The minimum absolute atomic E-state index is 0.00835. The lowest BCUT2D eigenvalue weighted by Gasteiger charge is -2.36. The van der Waals surface area contributed by atoms with E-state index < -0.39 is 29.7 Å². The molecule has 11 heteroatoms. The molecule has 0 aromatic heterocycles. The van der Waals surface area contributed by atoms with E-state index in [4.69, 9.17) is 11.1 Å². The lowest BCUT2D eigenvalue weighted by atomic mass is 9.91. The fourth-order valence-electron chi connectivity index (χ4n) is 3.80. The number of aliphatic hydroxyl groups is 2. The molecule has 0 fully saturated rings. The van der Waals surface area contributed by atoms with Crippen LogP contribution in [0.5, 0.6) is 0 Å². The van der Waals surface area contributed by atoms with E-state index in [9.17, 15) is 36.6 Å². The summed E-state index contributed by atoms with van der Waals surface area (Å²) in [5, 5.41) is 27.4. The molecule has 2 aromatic rings. The van der Waals surface area contributed by atoms with Gasteiger partial charge in [-0.15, -0.1) is 0 Å². The van der Waals surface area contributed by atoms with Crippen LogP contribution in [0.1, 0.15) is 28.7 Å². The molecule has 3 rings (SSSR count). The van der Waals surface area contributed by atoms with Gasteiger partial charge >= 0.3 is 12.4 Å². The van der Waals surface area contributed by atoms with Crippen molar-refractivity contribution in [2.45, 2.75) is 43.6 Å². The smallest absolute Gasteiger partial charge is 0.404 e. The molecule has 0 bridgehead atoms. The lowest BCUT2D eigenvalue weighted by Crippen LogP contribution is -2.53. The molecule has 1 unspecified atom stereocenters. The summed E-state index contributed by atoms with van der Waals surface area (Å²) in [5.41, 5.74) is 2.20. The Hall–Kier alpha value is -3.05. The second kappa shape index (κ2) is 8.71. The summed E-state index contributed by atoms with van der Waals surface area (Å²) in [6.45, 7) is 0.00835. The van der Waals surface area contributed by atoms with Crippen molar-refractivity contribution in [2.75, 3.05) is 4.90 Å². The molecular formula is C22H21F6N3O2. The van der Waals surface area contributed by atoms with Crippen LogP contribution in [0.25, 0.3) is 5.57 Å². The minimum atomic E-state index is -5.96. The molecule has 1 aliphatic heterocycles. The molecule has 33 heavy (non-hydrogen) atoms. The highest BCUT2D eigenvalue weighted by molar-refractivity contribution is 6.08. The number of aliphatic hydroxyl groups excluding tert-OH is 1. The molecule has 0 spiro atoms. The van der Waals surface area contributed by atoms with Gasteiger partial charge in [0.15, 0.2) is 0 Å². The van der Waals surface area contributed by atoms with Crippen LogP contribution >= 0.6 is 0 Å². The summed E-state index contributed by atoms with van der Waals surface area (Å²) in [4.78, 5) is 1.58. The quantitative estimate of drug-likeness (QED) is 0.387. The van der Waals surface area contributed by atoms with Gasteiger partial charge in [0.05, 0.1) is 0 Å². The van der Waals surface area contributed by atoms with Crippen LogP contribution in [0.4, 0.5) is 32.0 Å². The van der Waals surface area contributed by atoms with Crippen LogP contribution in [-0.2, 0) is 18.6 Å². The summed E-state index contributed by atoms with van der Waals surface area (Å²) in [5.74, 6) is 0. The highest BCUT2D eigenvalue weighted by Gasteiger charge is 2.71. The zero-order chi connectivity index (χ0) is 24.6. The van der Waals surface area contributed by atoms with E-state index in [0.29, 0.717) is 47.4 Å².